The summed E-state index contributed by atoms with van der Waals surface area (Å²) in [6.45, 7) is 5.17. The molecule has 1 aliphatic carbocycles. The van der Waals surface area contributed by atoms with Gasteiger partial charge in [0.15, 0.2) is 0 Å². The summed E-state index contributed by atoms with van der Waals surface area (Å²) >= 11 is 0. The largest absolute Gasteiger partial charge is 0.350 e. The van der Waals surface area contributed by atoms with Gasteiger partial charge in [-0.05, 0) is 50.3 Å². The smallest absolute Gasteiger partial charge is 0.317 e. The molecule has 8 heteroatoms. The normalized spacial score (nSPS) is 27.2. The molecule has 0 spiro atoms. The fourth-order valence-corrected chi connectivity index (χ4v) is 5.30. The Bertz CT molecular complexity index is 950. The number of aryl methyl sites for hydroxylation is 1. The molecule has 1 aromatic carbocycles. The molecule has 2 aromatic rings. The van der Waals surface area contributed by atoms with E-state index < -0.39 is 0 Å². The van der Waals surface area contributed by atoms with Crippen LogP contribution in [0.3, 0.4) is 0 Å². The van der Waals surface area contributed by atoms with E-state index in [0.29, 0.717) is 22.6 Å². The summed E-state index contributed by atoms with van der Waals surface area (Å²) in [5, 5.41) is 6.55. The molecule has 2 saturated heterocycles. The zero-order chi connectivity index (χ0) is 20.8. The van der Waals surface area contributed by atoms with Crippen molar-refractivity contribution in [2.24, 2.45) is 0 Å². The number of nitrogens with one attached hydrogen (secondary N) is 3. The number of piperazine rings is 1. The summed E-state index contributed by atoms with van der Waals surface area (Å²) < 4.78 is 14.1. The van der Waals surface area contributed by atoms with Crippen molar-refractivity contribution in [2.45, 2.75) is 50.7 Å². The summed E-state index contributed by atoms with van der Waals surface area (Å²) in [7, 11) is 0. The third-order valence-electron chi connectivity index (χ3n) is 6.96. The molecule has 3 heterocycles. The van der Waals surface area contributed by atoms with E-state index in [0.717, 1.165) is 57.4 Å². The summed E-state index contributed by atoms with van der Waals surface area (Å²) in [4.78, 5) is 32.2. The molecule has 7 nitrogen and oxygen atoms in total. The van der Waals surface area contributed by atoms with Gasteiger partial charge >= 0.3 is 6.03 Å². The molecule has 2 aliphatic heterocycles. The molecule has 3 aliphatic rings. The van der Waals surface area contributed by atoms with E-state index in [-0.39, 0.29) is 29.8 Å². The monoisotopic (exact) mass is 413 g/mol. The molecule has 5 rings (SSSR count). The minimum absolute atomic E-state index is 0.0541. The molecule has 1 saturated carbocycles. The van der Waals surface area contributed by atoms with Crippen molar-refractivity contribution in [1.29, 1.82) is 0 Å². The van der Waals surface area contributed by atoms with Crippen LogP contribution in [0.15, 0.2) is 18.2 Å². The lowest BCUT2D eigenvalue weighted by Crippen LogP contribution is -2.56. The van der Waals surface area contributed by atoms with Crippen molar-refractivity contribution >= 4 is 22.8 Å². The van der Waals surface area contributed by atoms with Gasteiger partial charge in [0.2, 0.25) is 0 Å². The molecule has 0 bridgehead atoms. The first-order chi connectivity index (χ1) is 14.5. The van der Waals surface area contributed by atoms with Crippen LogP contribution in [0.2, 0.25) is 0 Å². The van der Waals surface area contributed by atoms with E-state index in [2.05, 4.69) is 20.5 Å². The molecule has 1 unspecified atom stereocenters. The van der Waals surface area contributed by atoms with Gasteiger partial charge in [0.1, 0.15) is 11.5 Å². The Kier molecular flexibility index (Phi) is 4.89. The Labute approximate surface area is 175 Å². The number of H-pyrrole nitrogens is 1. The van der Waals surface area contributed by atoms with Crippen molar-refractivity contribution in [1.82, 2.24) is 25.4 Å². The van der Waals surface area contributed by atoms with Crippen LogP contribution in [0, 0.1) is 12.7 Å². The van der Waals surface area contributed by atoms with E-state index in [4.69, 9.17) is 0 Å². The Morgan fingerprint density at radius 2 is 2.10 bits per heavy atom. The molecule has 3 amide bonds. The fraction of sp³-hybridized carbons (Fsp3) is 0.545. The highest BCUT2D eigenvalue weighted by molar-refractivity contribution is 5.99. The first-order valence-corrected chi connectivity index (χ1v) is 10.9. The van der Waals surface area contributed by atoms with Crippen LogP contribution in [-0.2, 0) is 0 Å². The fourth-order valence-electron chi connectivity index (χ4n) is 5.30. The number of rotatable bonds is 3. The minimum Gasteiger partial charge on any atom is -0.350 e. The van der Waals surface area contributed by atoms with Gasteiger partial charge in [-0.2, -0.15) is 0 Å². The lowest BCUT2D eigenvalue weighted by Gasteiger charge is -2.43. The van der Waals surface area contributed by atoms with Crippen LogP contribution in [-0.4, -0.2) is 71.0 Å². The topological polar surface area (TPSA) is 80.5 Å². The van der Waals surface area contributed by atoms with E-state index in [1.165, 1.54) is 6.07 Å². The van der Waals surface area contributed by atoms with Gasteiger partial charge in [-0.15, -0.1) is 0 Å². The van der Waals surface area contributed by atoms with Crippen molar-refractivity contribution < 1.29 is 14.0 Å². The van der Waals surface area contributed by atoms with Gasteiger partial charge in [-0.1, -0.05) is 6.07 Å². The van der Waals surface area contributed by atoms with Gasteiger partial charge < -0.3 is 20.5 Å². The number of aromatic nitrogens is 1. The van der Waals surface area contributed by atoms with E-state index in [1.54, 1.807) is 12.1 Å². The second kappa shape index (κ2) is 7.58. The number of carbonyl (C=O) groups is 2. The van der Waals surface area contributed by atoms with Crippen molar-refractivity contribution in [3.8, 4) is 0 Å². The first kappa shape index (κ1) is 19.4. The second-order valence-corrected chi connectivity index (χ2v) is 8.85. The number of amides is 3. The maximum Gasteiger partial charge on any atom is 0.317 e. The van der Waals surface area contributed by atoms with Crippen LogP contribution in [0.25, 0.3) is 10.9 Å². The van der Waals surface area contributed by atoms with Gasteiger partial charge in [0.05, 0.1) is 11.6 Å². The zero-order valence-corrected chi connectivity index (χ0v) is 17.2. The number of hydrogen-bond donors (Lipinski definition) is 3. The van der Waals surface area contributed by atoms with E-state index in [1.807, 2.05) is 11.8 Å². The quantitative estimate of drug-likeness (QED) is 0.723. The van der Waals surface area contributed by atoms with Crippen LogP contribution >= 0.6 is 0 Å². The maximum absolute atomic E-state index is 14.1. The predicted molar refractivity (Wildman–Crippen MR) is 112 cm³/mol. The van der Waals surface area contributed by atoms with Crippen LogP contribution < -0.4 is 10.6 Å². The average Bonchev–Trinajstić information content (AvgIpc) is 3.36. The first-order valence-electron chi connectivity index (χ1n) is 10.9. The van der Waals surface area contributed by atoms with Crippen molar-refractivity contribution in [3.63, 3.8) is 0 Å². The molecular weight excluding hydrogens is 385 g/mol. The molecule has 0 radical (unpaired) electrons. The summed E-state index contributed by atoms with van der Waals surface area (Å²) in [6, 6.07) is 5.60. The molecule has 3 atom stereocenters. The molecule has 3 N–H and O–H groups in total. The zero-order valence-electron chi connectivity index (χ0n) is 17.2. The molecule has 30 heavy (non-hydrogen) atoms. The SMILES string of the molecule is Cc1ccc(F)c2cc(C(=O)N[C@@H]3CCC[C@@H](N4CCN5C(=O)NCC5C4)C3)[nH]c12. The van der Waals surface area contributed by atoms with Gasteiger partial charge in [0.25, 0.3) is 5.91 Å². The van der Waals surface area contributed by atoms with Crippen LogP contribution in [0.4, 0.5) is 9.18 Å². The molecule has 1 aromatic heterocycles. The molecule has 3 fully saturated rings. The highest BCUT2D eigenvalue weighted by atomic mass is 19.1. The van der Waals surface area contributed by atoms with Gasteiger partial charge in [-0.3, -0.25) is 9.69 Å². The summed E-state index contributed by atoms with van der Waals surface area (Å²) in [6.07, 6.45) is 4.06. The van der Waals surface area contributed by atoms with Crippen LogP contribution in [0.1, 0.15) is 41.7 Å². The van der Waals surface area contributed by atoms with E-state index >= 15 is 0 Å². The third-order valence-corrected chi connectivity index (χ3v) is 6.96. The summed E-state index contributed by atoms with van der Waals surface area (Å²) in [5.41, 5.74) is 2.01. The average molecular weight is 413 g/mol. The highest BCUT2D eigenvalue weighted by Gasteiger charge is 2.38. The highest BCUT2D eigenvalue weighted by Crippen LogP contribution is 2.27. The second-order valence-electron chi connectivity index (χ2n) is 8.85. The standard InChI is InChI=1S/C22H28FN5O2/c1-13-5-6-18(23)17-10-19(26-20(13)17)21(29)25-14-3-2-4-15(9-14)27-7-8-28-16(12-27)11-24-22(28)30/h5-6,10,14-16,26H,2-4,7-9,11-12H2,1H3,(H,24,30)(H,25,29)/t14-,15-,16?/m1/s1. The summed E-state index contributed by atoms with van der Waals surface area (Å²) in [5.74, 6) is -0.492. The van der Waals surface area contributed by atoms with Gasteiger partial charge in [0, 0.05) is 43.6 Å². The predicted octanol–water partition coefficient (Wildman–Crippen LogP) is 2.37. The lowest BCUT2D eigenvalue weighted by molar-refractivity contribution is 0.0630. The number of benzene rings is 1. The Balaban J connectivity index is 1.23. The Morgan fingerprint density at radius 3 is 2.93 bits per heavy atom. The van der Waals surface area contributed by atoms with Crippen molar-refractivity contribution in [2.75, 3.05) is 26.2 Å². The lowest BCUT2D eigenvalue weighted by atomic mass is 9.89. The Morgan fingerprint density at radius 1 is 1.23 bits per heavy atom. The minimum atomic E-state index is -0.317. The maximum atomic E-state index is 14.1. The van der Waals surface area contributed by atoms with E-state index in [9.17, 15) is 14.0 Å². The molecular formula is C22H28FN5O2. The van der Waals surface area contributed by atoms with Crippen molar-refractivity contribution in [3.05, 3.63) is 35.3 Å². The number of fused-ring (bicyclic) bond motifs is 2. The number of carbonyl (C=O) groups excluding carboxylic acids is 2. The van der Waals surface area contributed by atoms with Gasteiger partial charge in [-0.25, -0.2) is 9.18 Å². The number of halogens is 1. The number of aromatic amines is 1. The number of hydrogen-bond acceptors (Lipinski definition) is 3. The van der Waals surface area contributed by atoms with Crippen LogP contribution in [0.5, 0.6) is 0 Å². The molecule has 160 valence electrons. The number of nitrogens with zero attached hydrogens (tertiary/aromatic N) is 2. The Hall–Kier alpha value is -2.61. The third kappa shape index (κ3) is 3.43. The number of urea groups is 1.